The van der Waals surface area contributed by atoms with E-state index in [0.717, 1.165) is 22.3 Å². The van der Waals surface area contributed by atoms with Gasteiger partial charge in [-0.3, -0.25) is 4.90 Å². The van der Waals surface area contributed by atoms with Gasteiger partial charge in [-0.2, -0.15) is 0 Å². The molecule has 2 aromatic rings. The minimum Gasteiger partial charge on any atom is -0.496 e. The van der Waals surface area contributed by atoms with Crippen LogP contribution < -0.4 is 10.1 Å². The number of pyridine rings is 1. The molecular formula is C17H21N3O. The summed E-state index contributed by atoms with van der Waals surface area (Å²) in [4.78, 5) is 7.19. The van der Waals surface area contributed by atoms with Crippen molar-refractivity contribution >= 4 is 16.6 Å². The molecule has 1 aromatic carbocycles. The Morgan fingerprint density at radius 3 is 3.05 bits per heavy atom. The van der Waals surface area contributed by atoms with Crippen LogP contribution in [-0.2, 0) is 0 Å². The van der Waals surface area contributed by atoms with E-state index in [1.165, 1.54) is 32.4 Å². The molecule has 2 aliphatic heterocycles. The van der Waals surface area contributed by atoms with Crippen LogP contribution >= 0.6 is 0 Å². The molecule has 21 heavy (non-hydrogen) atoms. The summed E-state index contributed by atoms with van der Waals surface area (Å²) >= 11 is 0. The van der Waals surface area contributed by atoms with E-state index in [1.54, 1.807) is 7.11 Å². The summed E-state index contributed by atoms with van der Waals surface area (Å²) < 4.78 is 5.46. The normalized spacial score (nSPS) is 25.2. The van der Waals surface area contributed by atoms with Gasteiger partial charge in [0, 0.05) is 35.6 Å². The van der Waals surface area contributed by atoms with Crippen molar-refractivity contribution in [1.82, 2.24) is 9.88 Å². The van der Waals surface area contributed by atoms with Crippen molar-refractivity contribution in [3.05, 3.63) is 30.5 Å². The fraction of sp³-hybridized carbons (Fsp3) is 0.471. The van der Waals surface area contributed by atoms with Gasteiger partial charge in [-0.05, 0) is 37.9 Å². The van der Waals surface area contributed by atoms with Crippen LogP contribution in [0.15, 0.2) is 30.5 Å². The van der Waals surface area contributed by atoms with Crippen LogP contribution in [0.3, 0.4) is 0 Å². The lowest BCUT2D eigenvalue weighted by molar-refractivity contribution is 0.318. The summed E-state index contributed by atoms with van der Waals surface area (Å²) in [6.45, 7) is 2.48. The summed E-state index contributed by atoms with van der Waals surface area (Å²) in [5.74, 6) is 1.90. The van der Waals surface area contributed by atoms with E-state index in [-0.39, 0.29) is 0 Å². The number of hydrogen-bond acceptors (Lipinski definition) is 4. The number of ether oxygens (including phenoxy) is 1. The second-order valence-electron chi connectivity index (χ2n) is 6.00. The molecular weight excluding hydrogens is 262 g/mol. The van der Waals surface area contributed by atoms with Crippen LogP contribution in [0.25, 0.3) is 10.8 Å². The Bertz CT molecular complexity index is 658. The van der Waals surface area contributed by atoms with Crippen LogP contribution in [0.2, 0.25) is 0 Å². The van der Waals surface area contributed by atoms with Crippen molar-refractivity contribution in [2.45, 2.75) is 31.3 Å². The SMILES string of the molecule is COc1cccc2c(NC3CCN4CCCC34)nccc12. The first-order valence-electron chi connectivity index (χ1n) is 7.79. The highest BCUT2D eigenvalue weighted by Crippen LogP contribution is 2.33. The second kappa shape index (κ2) is 5.19. The minimum absolute atomic E-state index is 0.525. The Labute approximate surface area is 125 Å². The first-order chi connectivity index (χ1) is 10.4. The molecule has 0 saturated carbocycles. The first kappa shape index (κ1) is 12.9. The summed E-state index contributed by atoms with van der Waals surface area (Å²) in [6, 6.07) is 9.39. The molecule has 0 bridgehead atoms. The lowest BCUT2D eigenvalue weighted by Crippen LogP contribution is -2.34. The maximum absolute atomic E-state index is 5.46. The average molecular weight is 283 g/mol. The fourth-order valence-corrected chi connectivity index (χ4v) is 3.90. The molecule has 4 nitrogen and oxygen atoms in total. The van der Waals surface area contributed by atoms with Gasteiger partial charge in [0.25, 0.3) is 0 Å². The number of aromatic nitrogens is 1. The van der Waals surface area contributed by atoms with Crippen molar-refractivity contribution in [1.29, 1.82) is 0 Å². The van der Waals surface area contributed by atoms with Gasteiger partial charge in [0.1, 0.15) is 11.6 Å². The fourth-order valence-electron chi connectivity index (χ4n) is 3.90. The van der Waals surface area contributed by atoms with E-state index in [4.69, 9.17) is 4.74 Å². The first-order valence-corrected chi connectivity index (χ1v) is 7.79. The van der Waals surface area contributed by atoms with E-state index < -0.39 is 0 Å². The van der Waals surface area contributed by atoms with Crippen molar-refractivity contribution in [2.24, 2.45) is 0 Å². The van der Waals surface area contributed by atoms with Crippen molar-refractivity contribution < 1.29 is 4.74 Å². The van der Waals surface area contributed by atoms with Gasteiger partial charge < -0.3 is 10.1 Å². The Kier molecular flexibility index (Phi) is 3.19. The third kappa shape index (κ3) is 2.14. The standard InChI is InChI=1S/C17H21N3O/c1-21-16-6-2-4-13-12(16)7-9-18-17(13)19-14-8-11-20-10-3-5-15(14)20/h2,4,6-7,9,14-15H,3,5,8,10-11H2,1H3,(H,18,19). The number of rotatable bonds is 3. The second-order valence-corrected chi connectivity index (χ2v) is 6.00. The number of hydrogen-bond donors (Lipinski definition) is 1. The molecule has 0 amide bonds. The molecule has 2 saturated heterocycles. The molecule has 2 unspecified atom stereocenters. The Hall–Kier alpha value is -1.81. The van der Waals surface area contributed by atoms with Gasteiger partial charge in [0.05, 0.1) is 7.11 Å². The van der Waals surface area contributed by atoms with Crippen LogP contribution in [-0.4, -0.2) is 42.2 Å². The van der Waals surface area contributed by atoms with E-state index >= 15 is 0 Å². The minimum atomic E-state index is 0.525. The molecule has 2 atom stereocenters. The number of nitrogens with one attached hydrogen (secondary N) is 1. The molecule has 0 aliphatic carbocycles. The highest BCUT2D eigenvalue weighted by molar-refractivity contribution is 5.95. The zero-order chi connectivity index (χ0) is 14.2. The molecule has 2 aliphatic rings. The lowest BCUT2D eigenvalue weighted by Gasteiger charge is -2.22. The van der Waals surface area contributed by atoms with Crippen molar-refractivity contribution in [3.63, 3.8) is 0 Å². The summed E-state index contributed by atoms with van der Waals surface area (Å²) in [5, 5.41) is 5.97. The molecule has 3 heterocycles. The quantitative estimate of drug-likeness (QED) is 0.940. The molecule has 0 radical (unpaired) electrons. The number of benzene rings is 1. The van der Waals surface area contributed by atoms with Crippen LogP contribution in [0, 0.1) is 0 Å². The summed E-state index contributed by atoms with van der Waals surface area (Å²) in [7, 11) is 1.72. The van der Waals surface area contributed by atoms with E-state index in [2.05, 4.69) is 21.3 Å². The van der Waals surface area contributed by atoms with Gasteiger partial charge >= 0.3 is 0 Å². The Morgan fingerprint density at radius 2 is 2.14 bits per heavy atom. The highest BCUT2D eigenvalue weighted by Gasteiger charge is 2.37. The predicted molar refractivity (Wildman–Crippen MR) is 84.9 cm³/mol. The topological polar surface area (TPSA) is 37.4 Å². The highest BCUT2D eigenvalue weighted by atomic mass is 16.5. The molecule has 110 valence electrons. The van der Waals surface area contributed by atoms with Crippen LogP contribution in [0.1, 0.15) is 19.3 Å². The van der Waals surface area contributed by atoms with Gasteiger partial charge in [-0.25, -0.2) is 4.98 Å². The Morgan fingerprint density at radius 1 is 1.19 bits per heavy atom. The summed E-state index contributed by atoms with van der Waals surface area (Å²) in [6.07, 6.45) is 5.73. The van der Waals surface area contributed by atoms with Gasteiger partial charge in [-0.15, -0.1) is 0 Å². The zero-order valence-electron chi connectivity index (χ0n) is 12.4. The van der Waals surface area contributed by atoms with Crippen molar-refractivity contribution in [2.75, 3.05) is 25.5 Å². The molecule has 1 N–H and O–H groups in total. The third-order valence-corrected chi connectivity index (χ3v) is 4.91. The molecule has 4 rings (SSSR count). The predicted octanol–water partition coefficient (Wildman–Crippen LogP) is 2.89. The van der Waals surface area contributed by atoms with Gasteiger partial charge in [0.15, 0.2) is 0 Å². The summed E-state index contributed by atoms with van der Waals surface area (Å²) in [5.41, 5.74) is 0. The maximum atomic E-state index is 5.46. The molecule has 1 aromatic heterocycles. The largest absolute Gasteiger partial charge is 0.496 e. The molecule has 4 heteroatoms. The number of fused-ring (bicyclic) bond motifs is 2. The number of nitrogens with zero attached hydrogens (tertiary/aromatic N) is 2. The van der Waals surface area contributed by atoms with Gasteiger partial charge in [-0.1, -0.05) is 12.1 Å². The number of methoxy groups -OCH3 is 1. The van der Waals surface area contributed by atoms with E-state index in [9.17, 15) is 0 Å². The van der Waals surface area contributed by atoms with Crippen molar-refractivity contribution in [3.8, 4) is 5.75 Å². The average Bonchev–Trinajstić information content (AvgIpc) is 3.12. The molecule has 0 spiro atoms. The van der Waals surface area contributed by atoms with E-state index in [1.807, 2.05) is 24.4 Å². The van der Waals surface area contributed by atoms with Gasteiger partial charge in [0.2, 0.25) is 0 Å². The Balaban J connectivity index is 1.67. The van der Waals surface area contributed by atoms with Crippen LogP contribution in [0.4, 0.5) is 5.82 Å². The maximum Gasteiger partial charge on any atom is 0.134 e. The smallest absolute Gasteiger partial charge is 0.134 e. The van der Waals surface area contributed by atoms with Crippen LogP contribution in [0.5, 0.6) is 5.75 Å². The zero-order valence-corrected chi connectivity index (χ0v) is 12.4. The molecule has 2 fully saturated rings. The third-order valence-electron chi connectivity index (χ3n) is 4.91. The monoisotopic (exact) mass is 283 g/mol. The lowest BCUT2D eigenvalue weighted by atomic mass is 10.1. The number of anilines is 1. The van der Waals surface area contributed by atoms with E-state index in [0.29, 0.717) is 12.1 Å².